The Kier molecular flexibility index (Phi) is 8.45. The van der Waals surface area contributed by atoms with Crippen molar-refractivity contribution >= 4 is 33.4 Å². The second-order valence-electron chi connectivity index (χ2n) is 9.55. The van der Waals surface area contributed by atoms with Gasteiger partial charge in [-0.3, -0.25) is 9.69 Å². The SMILES string of the molecule is Nc1ccccc1NC(=O)/C=C/c1ccn(S(=O)(=O)c2c(CCN3CCOCC3)cccc2-c2ccccc2)c1. The first-order valence-electron chi connectivity index (χ1n) is 13.2. The number of amides is 1. The van der Waals surface area contributed by atoms with Crippen molar-refractivity contribution < 1.29 is 17.9 Å². The van der Waals surface area contributed by atoms with Crippen molar-refractivity contribution in [2.24, 2.45) is 0 Å². The first-order valence-corrected chi connectivity index (χ1v) is 14.6. The highest BCUT2D eigenvalue weighted by Gasteiger charge is 2.25. The number of ether oxygens (including phenoxy) is 1. The minimum atomic E-state index is -3.95. The van der Waals surface area contributed by atoms with Gasteiger partial charge in [-0.15, -0.1) is 0 Å². The largest absolute Gasteiger partial charge is 0.397 e. The van der Waals surface area contributed by atoms with Crippen molar-refractivity contribution in [2.75, 3.05) is 43.9 Å². The van der Waals surface area contributed by atoms with Crippen LogP contribution in [0.5, 0.6) is 0 Å². The molecule has 5 rings (SSSR count). The quantitative estimate of drug-likeness (QED) is 0.232. The predicted molar refractivity (Wildman–Crippen MR) is 158 cm³/mol. The Morgan fingerprint density at radius 2 is 1.70 bits per heavy atom. The van der Waals surface area contributed by atoms with Crippen LogP contribution in [0.3, 0.4) is 0 Å². The number of rotatable bonds is 9. The zero-order chi connectivity index (χ0) is 28.0. The molecule has 0 bridgehead atoms. The van der Waals surface area contributed by atoms with Gasteiger partial charge in [0.25, 0.3) is 10.0 Å². The van der Waals surface area contributed by atoms with E-state index in [0.717, 1.165) is 30.8 Å². The first-order chi connectivity index (χ1) is 19.4. The lowest BCUT2D eigenvalue weighted by atomic mass is 10.0. The van der Waals surface area contributed by atoms with Gasteiger partial charge < -0.3 is 15.8 Å². The fourth-order valence-corrected chi connectivity index (χ4v) is 6.40. The maximum atomic E-state index is 14.1. The van der Waals surface area contributed by atoms with Crippen LogP contribution in [0.15, 0.2) is 102 Å². The Morgan fingerprint density at radius 1 is 0.950 bits per heavy atom. The van der Waals surface area contributed by atoms with E-state index in [9.17, 15) is 13.2 Å². The number of carbonyl (C=O) groups excluding carboxylic acids is 1. The van der Waals surface area contributed by atoms with Gasteiger partial charge in [0.2, 0.25) is 5.91 Å². The van der Waals surface area contributed by atoms with E-state index in [-0.39, 0.29) is 10.8 Å². The summed E-state index contributed by atoms with van der Waals surface area (Å²) in [7, 11) is -3.95. The molecule has 0 aliphatic carbocycles. The van der Waals surface area contributed by atoms with Crippen molar-refractivity contribution in [3.63, 3.8) is 0 Å². The van der Waals surface area contributed by atoms with Crippen molar-refractivity contribution in [1.29, 1.82) is 0 Å². The Labute approximate surface area is 234 Å². The van der Waals surface area contributed by atoms with E-state index < -0.39 is 10.0 Å². The lowest BCUT2D eigenvalue weighted by molar-refractivity contribution is -0.111. The summed E-state index contributed by atoms with van der Waals surface area (Å²) in [5, 5.41) is 2.73. The number of aromatic nitrogens is 1. The molecule has 1 aliphatic heterocycles. The topological polar surface area (TPSA) is 107 Å². The minimum Gasteiger partial charge on any atom is -0.397 e. The van der Waals surface area contributed by atoms with Gasteiger partial charge in [-0.2, -0.15) is 0 Å². The number of carbonyl (C=O) groups is 1. The Morgan fingerprint density at radius 3 is 2.48 bits per heavy atom. The van der Waals surface area contributed by atoms with Crippen LogP contribution in [-0.2, 0) is 26.0 Å². The van der Waals surface area contributed by atoms with E-state index in [2.05, 4.69) is 10.2 Å². The average Bonchev–Trinajstić information content (AvgIpc) is 3.47. The third kappa shape index (κ3) is 6.34. The highest BCUT2D eigenvalue weighted by atomic mass is 32.2. The fraction of sp³-hybridized carbons (Fsp3) is 0.194. The van der Waals surface area contributed by atoms with E-state index in [1.165, 1.54) is 22.4 Å². The number of nitrogen functional groups attached to an aromatic ring is 1. The van der Waals surface area contributed by atoms with Crippen LogP contribution >= 0.6 is 0 Å². The predicted octanol–water partition coefficient (Wildman–Crippen LogP) is 4.50. The van der Waals surface area contributed by atoms with Gasteiger partial charge >= 0.3 is 0 Å². The van der Waals surface area contributed by atoms with Crippen LogP contribution < -0.4 is 11.1 Å². The molecule has 8 nitrogen and oxygen atoms in total. The third-order valence-electron chi connectivity index (χ3n) is 6.85. The van der Waals surface area contributed by atoms with Crippen LogP contribution in [-0.4, -0.2) is 56.0 Å². The molecular formula is C31H32N4O4S. The molecule has 1 saturated heterocycles. The van der Waals surface area contributed by atoms with E-state index in [4.69, 9.17) is 10.5 Å². The van der Waals surface area contributed by atoms with Gasteiger partial charge in [0, 0.05) is 43.7 Å². The molecule has 1 aliphatic rings. The molecule has 4 aromatic rings. The Hall–Kier alpha value is -4.18. The molecule has 0 spiro atoms. The standard InChI is InChI=1S/C31H32N4O4S/c32-28-11-4-5-12-29(28)33-30(36)14-13-24-15-18-35(23-24)40(37,38)31-26(16-17-34-19-21-39-22-20-34)9-6-10-27(31)25-7-2-1-3-8-25/h1-15,18,23H,16-17,19-22,32H2,(H,33,36)/b14-13+. The number of nitrogens with zero attached hydrogens (tertiary/aromatic N) is 2. The number of anilines is 2. The molecule has 40 heavy (non-hydrogen) atoms. The van der Waals surface area contributed by atoms with Crippen molar-refractivity contribution in [3.05, 3.63) is 108 Å². The average molecular weight is 557 g/mol. The molecule has 0 saturated carbocycles. The summed E-state index contributed by atoms with van der Waals surface area (Å²) in [5.74, 6) is -0.367. The molecule has 1 fully saturated rings. The van der Waals surface area contributed by atoms with Crippen LogP contribution in [0, 0.1) is 0 Å². The number of benzene rings is 3. The molecule has 9 heteroatoms. The van der Waals surface area contributed by atoms with Crippen LogP contribution in [0.25, 0.3) is 17.2 Å². The summed E-state index contributed by atoms with van der Waals surface area (Å²) in [6, 6.07) is 23.9. The molecule has 3 N–H and O–H groups in total. The van der Waals surface area contributed by atoms with E-state index in [1.807, 2.05) is 48.5 Å². The highest BCUT2D eigenvalue weighted by Crippen LogP contribution is 2.32. The molecule has 0 atom stereocenters. The Balaban J connectivity index is 1.43. The van der Waals surface area contributed by atoms with Crippen LogP contribution in [0.4, 0.5) is 11.4 Å². The number of para-hydroxylation sites is 2. The van der Waals surface area contributed by atoms with Gasteiger partial charge in [0.05, 0.1) is 29.5 Å². The van der Waals surface area contributed by atoms with E-state index in [1.54, 1.807) is 36.4 Å². The number of morpholine rings is 1. The molecule has 1 amide bonds. The van der Waals surface area contributed by atoms with Gasteiger partial charge in [-0.1, -0.05) is 60.7 Å². The van der Waals surface area contributed by atoms with Crippen molar-refractivity contribution in [1.82, 2.24) is 8.87 Å². The zero-order valence-corrected chi connectivity index (χ0v) is 22.9. The lowest BCUT2D eigenvalue weighted by Gasteiger charge is -2.27. The number of nitrogens with one attached hydrogen (secondary N) is 1. The third-order valence-corrected chi connectivity index (χ3v) is 8.63. The lowest BCUT2D eigenvalue weighted by Crippen LogP contribution is -2.37. The van der Waals surface area contributed by atoms with Crippen LogP contribution in [0.2, 0.25) is 0 Å². The number of hydrogen-bond donors (Lipinski definition) is 2. The fourth-order valence-electron chi connectivity index (χ4n) is 4.74. The summed E-state index contributed by atoms with van der Waals surface area (Å²) in [6.45, 7) is 3.78. The van der Waals surface area contributed by atoms with E-state index in [0.29, 0.717) is 42.1 Å². The summed E-state index contributed by atoms with van der Waals surface area (Å²) in [5.41, 5.74) is 9.70. The molecule has 206 valence electrons. The smallest absolute Gasteiger partial charge is 0.268 e. The summed E-state index contributed by atoms with van der Waals surface area (Å²) >= 11 is 0. The van der Waals surface area contributed by atoms with Gasteiger partial charge in [0.1, 0.15) is 0 Å². The summed E-state index contributed by atoms with van der Waals surface area (Å²) < 4.78 is 35.0. The van der Waals surface area contributed by atoms with Gasteiger partial charge in [0.15, 0.2) is 0 Å². The number of nitrogens with two attached hydrogens (primary N) is 1. The monoisotopic (exact) mass is 556 g/mol. The van der Waals surface area contributed by atoms with E-state index >= 15 is 0 Å². The first kappa shape index (κ1) is 27.4. The Bertz CT molecular complexity index is 1610. The zero-order valence-electron chi connectivity index (χ0n) is 22.1. The summed E-state index contributed by atoms with van der Waals surface area (Å²) in [6.07, 6.45) is 6.54. The minimum absolute atomic E-state index is 0.290. The van der Waals surface area contributed by atoms with Crippen molar-refractivity contribution in [2.45, 2.75) is 11.3 Å². The molecule has 3 aromatic carbocycles. The highest BCUT2D eigenvalue weighted by molar-refractivity contribution is 7.90. The van der Waals surface area contributed by atoms with Gasteiger partial charge in [-0.05, 0) is 47.4 Å². The molecule has 0 unspecified atom stereocenters. The second-order valence-corrected chi connectivity index (χ2v) is 11.3. The summed E-state index contributed by atoms with van der Waals surface area (Å²) in [4.78, 5) is 15.0. The number of hydrogen-bond acceptors (Lipinski definition) is 6. The molecule has 0 radical (unpaired) electrons. The second kappa shape index (κ2) is 12.3. The van der Waals surface area contributed by atoms with Gasteiger partial charge in [-0.25, -0.2) is 12.4 Å². The normalized spacial score (nSPS) is 14.4. The van der Waals surface area contributed by atoms with Crippen LogP contribution in [0.1, 0.15) is 11.1 Å². The molecule has 1 aromatic heterocycles. The maximum Gasteiger partial charge on any atom is 0.268 e. The maximum absolute atomic E-state index is 14.1. The molecule has 2 heterocycles. The van der Waals surface area contributed by atoms with Crippen molar-refractivity contribution in [3.8, 4) is 11.1 Å². The molecular weight excluding hydrogens is 524 g/mol.